The van der Waals surface area contributed by atoms with Gasteiger partial charge in [0.25, 0.3) is 0 Å². The average Bonchev–Trinajstić information content (AvgIpc) is 2.37. The van der Waals surface area contributed by atoms with Crippen LogP contribution < -0.4 is 5.32 Å². The van der Waals surface area contributed by atoms with E-state index in [-0.39, 0.29) is 24.3 Å². The first-order chi connectivity index (χ1) is 8.66. The lowest BCUT2D eigenvalue weighted by atomic mass is 10.0. The van der Waals surface area contributed by atoms with Crippen LogP contribution in [0.3, 0.4) is 0 Å². The third kappa shape index (κ3) is 3.37. The van der Waals surface area contributed by atoms with E-state index in [1.807, 2.05) is 0 Å². The zero-order valence-electron chi connectivity index (χ0n) is 10.5. The lowest BCUT2D eigenvalue weighted by molar-refractivity contribution is 0.0317. The number of aryl methyl sites for hydroxylation is 1. The van der Waals surface area contributed by atoms with Gasteiger partial charge in [0.15, 0.2) is 5.78 Å². The van der Waals surface area contributed by atoms with Gasteiger partial charge in [-0.15, -0.1) is 0 Å². The van der Waals surface area contributed by atoms with Crippen molar-refractivity contribution in [2.75, 3.05) is 19.7 Å². The number of benzene rings is 1. The Morgan fingerprint density at radius 2 is 2.17 bits per heavy atom. The Morgan fingerprint density at radius 1 is 1.44 bits per heavy atom. The third-order valence-corrected chi connectivity index (χ3v) is 3.23. The number of piperidine rings is 1. The number of carbonyl (C=O) groups excluding carboxylic acids is 1. The van der Waals surface area contributed by atoms with Crippen molar-refractivity contribution in [1.82, 2.24) is 5.32 Å². The molecule has 0 aliphatic carbocycles. The minimum Gasteiger partial charge on any atom is -0.370 e. The van der Waals surface area contributed by atoms with Gasteiger partial charge in [-0.3, -0.25) is 4.79 Å². The third-order valence-electron chi connectivity index (χ3n) is 3.23. The lowest BCUT2D eigenvalue weighted by Crippen LogP contribution is -2.33. The maximum atomic E-state index is 12.9. The highest BCUT2D eigenvalue weighted by molar-refractivity contribution is 5.98. The van der Waals surface area contributed by atoms with Crippen LogP contribution in [0.2, 0.25) is 0 Å². The molecule has 1 aliphatic rings. The minimum absolute atomic E-state index is 0.0777. The van der Waals surface area contributed by atoms with Gasteiger partial charge in [-0.1, -0.05) is 0 Å². The summed E-state index contributed by atoms with van der Waals surface area (Å²) in [5, 5.41) is 3.24. The van der Waals surface area contributed by atoms with Crippen molar-refractivity contribution in [3.05, 3.63) is 35.1 Å². The van der Waals surface area contributed by atoms with Crippen LogP contribution >= 0.6 is 0 Å². The second-order valence-electron chi connectivity index (χ2n) is 4.64. The summed E-state index contributed by atoms with van der Waals surface area (Å²) in [5.41, 5.74) is 1.21. The molecule has 0 spiro atoms. The Labute approximate surface area is 106 Å². The summed E-state index contributed by atoms with van der Waals surface area (Å²) in [4.78, 5) is 12.0. The van der Waals surface area contributed by atoms with E-state index in [2.05, 4.69) is 5.32 Å². The van der Waals surface area contributed by atoms with Gasteiger partial charge in [0.2, 0.25) is 0 Å². The van der Waals surface area contributed by atoms with E-state index in [0.29, 0.717) is 11.1 Å². The normalized spacial score (nSPS) is 16.8. The number of ketones is 1. The molecule has 1 aliphatic heterocycles. The Morgan fingerprint density at radius 3 is 2.83 bits per heavy atom. The zero-order chi connectivity index (χ0) is 13.0. The van der Waals surface area contributed by atoms with E-state index in [0.717, 1.165) is 25.9 Å². The number of hydrogen-bond donors (Lipinski definition) is 1. The van der Waals surface area contributed by atoms with Crippen molar-refractivity contribution in [3.8, 4) is 0 Å². The Kier molecular flexibility index (Phi) is 4.44. The van der Waals surface area contributed by atoms with Gasteiger partial charge in [0.05, 0.1) is 6.10 Å². The zero-order valence-corrected chi connectivity index (χ0v) is 10.5. The fourth-order valence-corrected chi connectivity index (χ4v) is 2.17. The maximum absolute atomic E-state index is 12.9. The highest BCUT2D eigenvalue weighted by Crippen LogP contribution is 2.13. The summed E-state index contributed by atoms with van der Waals surface area (Å²) in [6, 6.07) is 4.21. The molecule has 0 saturated carbocycles. The largest absolute Gasteiger partial charge is 0.370 e. The predicted molar refractivity (Wildman–Crippen MR) is 67.3 cm³/mol. The molecule has 1 aromatic rings. The summed E-state index contributed by atoms with van der Waals surface area (Å²) in [6.07, 6.45) is 2.04. The SMILES string of the molecule is Cc1cc(F)ccc1C(=O)COC1CCNCC1. The first kappa shape index (κ1) is 13.2. The van der Waals surface area contributed by atoms with Gasteiger partial charge < -0.3 is 10.1 Å². The number of hydrogen-bond acceptors (Lipinski definition) is 3. The highest BCUT2D eigenvalue weighted by Gasteiger charge is 2.16. The number of ether oxygens (including phenoxy) is 1. The minimum atomic E-state index is -0.316. The van der Waals surface area contributed by atoms with Gasteiger partial charge in [0, 0.05) is 5.56 Å². The van der Waals surface area contributed by atoms with E-state index in [9.17, 15) is 9.18 Å². The molecule has 0 radical (unpaired) electrons. The van der Waals surface area contributed by atoms with Crippen LogP contribution in [0.4, 0.5) is 4.39 Å². The van der Waals surface area contributed by atoms with Gasteiger partial charge >= 0.3 is 0 Å². The van der Waals surface area contributed by atoms with Crippen LogP contribution in [0.5, 0.6) is 0 Å². The molecule has 3 nitrogen and oxygen atoms in total. The molecule has 98 valence electrons. The molecule has 0 unspecified atom stereocenters. The molecule has 4 heteroatoms. The van der Waals surface area contributed by atoms with Gasteiger partial charge in [-0.2, -0.15) is 0 Å². The van der Waals surface area contributed by atoms with Crippen molar-refractivity contribution >= 4 is 5.78 Å². The van der Waals surface area contributed by atoms with Crippen molar-refractivity contribution in [1.29, 1.82) is 0 Å². The predicted octanol–water partition coefficient (Wildman–Crippen LogP) is 2.09. The standard InChI is InChI=1S/C14H18FNO2/c1-10-8-11(15)2-3-13(10)14(17)9-18-12-4-6-16-7-5-12/h2-3,8,12,16H,4-7,9H2,1H3. The molecule has 1 fully saturated rings. The second-order valence-corrected chi connectivity index (χ2v) is 4.64. The van der Waals surface area contributed by atoms with Crippen LogP contribution in [0.25, 0.3) is 0 Å². The molecule has 2 rings (SSSR count). The summed E-state index contributed by atoms with van der Waals surface area (Å²) < 4.78 is 18.5. The van der Waals surface area contributed by atoms with Crippen LogP contribution in [0.15, 0.2) is 18.2 Å². The van der Waals surface area contributed by atoms with Gasteiger partial charge in [0.1, 0.15) is 12.4 Å². The lowest BCUT2D eigenvalue weighted by Gasteiger charge is -2.22. The number of rotatable bonds is 4. The van der Waals surface area contributed by atoms with Crippen molar-refractivity contribution in [2.24, 2.45) is 0 Å². The molecule has 18 heavy (non-hydrogen) atoms. The highest BCUT2D eigenvalue weighted by atomic mass is 19.1. The molecular weight excluding hydrogens is 233 g/mol. The van der Waals surface area contributed by atoms with Crippen LogP contribution in [0, 0.1) is 12.7 Å². The van der Waals surface area contributed by atoms with E-state index >= 15 is 0 Å². The maximum Gasteiger partial charge on any atom is 0.188 e. The topological polar surface area (TPSA) is 38.3 Å². The van der Waals surface area contributed by atoms with Gasteiger partial charge in [-0.05, 0) is 56.6 Å². The molecule has 0 atom stereocenters. The number of nitrogens with one attached hydrogen (secondary N) is 1. The molecule has 1 saturated heterocycles. The summed E-state index contributed by atoms with van der Waals surface area (Å²) in [5.74, 6) is -0.394. The Hall–Kier alpha value is -1.26. The molecule has 1 N–H and O–H groups in total. The van der Waals surface area contributed by atoms with Crippen molar-refractivity contribution in [2.45, 2.75) is 25.9 Å². The smallest absolute Gasteiger partial charge is 0.188 e. The first-order valence-corrected chi connectivity index (χ1v) is 6.28. The second kappa shape index (κ2) is 6.07. The molecule has 1 aromatic carbocycles. The average molecular weight is 251 g/mol. The van der Waals surface area contributed by atoms with Crippen molar-refractivity contribution < 1.29 is 13.9 Å². The quantitative estimate of drug-likeness (QED) is 0.833. The van der Waals surface area contributed by atoms with Crippen LogP contribution in [-0.4, -0.2) is 31.6 Å². The van der Waals surface area contributed by atoms with E-state index in [4.69, 9.17) is 4.74 Å². The van der Waals surface area contributed by atoms with E-state index in [1.165, 1.54) is 18.2 Å². The number of halogens is 1. The number of Topliss-reactive ketones (excluding diaryl/α,β-unsaturated/α-hetero) is 1. The summed E-state index contributed by atoms with van der Waals surface area (Å²) >= 11 is 0. The Balaban J connectivity index is 1.90. The van der Waals surface area contributed by atoms with Crippen LogP contribution in [0.1, 0.15) is 28.8 Å². The monoisotopic (exact) mass is 251 g/mol. The van der Waals surface area contributed by atoms with Crippen LogP contribution in [-0.2, 0) is 4.74 Å². The molecule has 0 amide bonds. The summed E-state index contributed by atoms with van der Waals surface area (Å²) in [7, 11) is 0. The van der Waals surface area contributed by atoms with E-state index < -0.39 is 0 Å². The fourth-order valence-electron chi connectivity index (χ4n) is 2.17. The molecule has 0 aromatic heterocycles. The summed E-state index contributed by atoms with van der Waals surface area (Å²) in [6.45, 7) is 3.70. The first-order valence-electron chi connectivity index (χ1n) is 6.28. The Bertz CT molecular complexity index is 428. The van der Waals surface area contributed by atoms with E-state index in [1.54, 1.807) is 6.92 Å². The molecular formula is C14H18FNO2. The fraction of sp³-hybridized carbons (Fsp3) is 0.500. The van der Waals surface area contributed by atoms with Crippen molar-refractivity contribution in [3.63, 3.8) is 0 Å². The van der Waals surface area contributed by atoms with Gasteiger partial charge in [-0.25, -0.2) is 4.39 Å². The number of carbonyl (C=O) groups is 1. The molecule has 1 heterocycles. The molecule has 0 bridgehead atoms.